The number of hydrogen-bond acceptors (Lipinski definition) is 27. The van der Waals surface area contributed by atoms with E-state index in [1.165, 1.54) is 0 Å². The molecular weight excluding hydrogens is 1120 g/mol. The minimum absolute atomic E-state index is 0. The second kappa shape index (κ2) is 43.3. The molecule has 0 aromatic heterocycles. The Morgan fingerprint density at radius 3 is 0.941 bits per heavy atom. The summed E-state index contributed by atoms with van der Waals surface area (Å²) in [4.78, 5) is 9.89. The Morgan fingerprint density at radius 2 is 0.809 bits per heavy atom. The SMILES string of the molecule is CO.CO.CO.COC(=O)C(F)(F)S(=O)(=O)F.COC(O)C(F)(F)S(=O)(=O)F.COC(O)C(F)(F)S(=O)(=O)OC.COC(OC)C(F)(F)S(=O)(=O)[O-].CO[CH+]C(F)(F)S(=O)(=O)OC.C[O-].C[O-].[H-].[H-].[H-].[Na+]. The fourth-order valence-electron chi connectivity index (χ4n) is 1.64. The van der Waals surface area contributed by atoms with Crippen molar-refractivity contribution in [3.63, 3.8) is 0 Å². The first kappa shape index (κ1) is 92.8. The first-order chi connectivity index (χ1) is 29.9. The van der Waals surface area contributed by atoms with E-state index in [0.717, 1.165) is 64.0 Å². The van der Waals surface area contributed by atoms with Crippen LogP contribution in [0, 0.1) is 6.61 Å². The first-order valence-corrected chi connectivity index (χ1v) is 21.3. The molecule has 0 heterocycles. The van der Waals surface area contributed by atoms with Crippen LogP contribution in [-0.4, -0.2) is 216 Å². The summed E-state index contributed by atoms with van der Waals surface area (Å²) in [5.41, 5.74) is 0. The quantitative estimate of drug-likeness (QED) is 0.0132. The standard InChI is InChI=1S/2C4H8F2O5S.C4H7F2O4S.C3H5F3O4S.C3H3F3O4S.3CH4O.2CH3O.Na.3H/c1-10-3(11-2)4(5,6)12(7,8)9;1-10-3(7)4(5,6)12(8,9)11-2;1-9-3-4(5,6)11(7,8)10-2;2*1-10-2(7)3(4,5)11(6,8)9;5*1-2;;;;/h3H,1-2H3,(H,7,8,9);3,7H,1-2H3;3H,1-2H3;2,7H,1H3;1H3;3*2H,1H3;2*1H3;;;;/q;;+1;;;;;;2*-1;+1;3*-1/p-1. The number of carbonyl (C=O) groups excluding carboxylic acids is 1. The smallest absolute Gasteiger partial charge is 1.00 e. The van der Waals surface area contributed by atoms with Gasteiger partial charge in [-0.1, -0.05) is 7.77 Å². The molecule has 5 N–H and O–H groups in total. The van der Waals surface area contributed by atoms with Gasteiger partial charge in [0.15, 0.2) is 10.1 Å². The minimum Gasteiger partial charge on any atom is -1.00 e. The molecule has 68 heavy (non-hydrogen) atoms. The van der Waals surface area contributed by atoms with E-state index in [4.69, 9.17) is 35.7 Å². The van der Waals surface area contributed by atoms with Crippen LogP contribution in [0.1, 0.15) is 4.28 Å². The first-order valence-electron chi connectivity index (χ1n) is 14.3. The molecule has 0 fully saturated rings. The zero-order valence-electron chi connectivity index (χ0n) is 40.1. The summed E-state index contributed by atoms with van der Waals surface area (Å²) in [6.07, 6.45) is -8.10. The fraction of sp³-hybridized carbons (Fsp3) is 0.913. The molecule has 424 valence electrons. The number of ether oxygens (including phenoxy) is 6. The van der Waals surface area contributed by atoms with Gasteiger partial charge in [-0.15, -0.1) is 8.78 Å². The summed E-state index contributed by atoms with van der Waals surface area (Å²) in [5.74, 6) is -2.44. The van der Waals surface area contributed by atoms with Crippen LogP contribution in [-0.2, 0) is 92.4 Å². The van der Waals surface area contributed by atoms with Crippen molar-refractivity contribution in [2.75, 3.05) is 92.4 Å². The van der Waals surface area contributed by atoms with Crippen molar-refractivity contribution in [2.24, 2.45) is 0 Å². The van der Waals surface area contributed by atoms with Gasteiger partial charge in [0.2, 0.25) is 18.9 Å². The van der Waals surface area contributed by atoms with Gasteiger partial charge in [-0.3, -0.25) is 8.37 Å². The summed E-state index contributed by atoms with van der Waals surface area (Å²) in [6, 6.07) is 0. The van der Waals surface area contributed by atoms with Crippen molar-refractivity contribution in [2.45, 2.75) is 45.1 Å². The molecule has 0 spiro atoms. The second-order valence-corrected chi connectivity index (χ2v) is 16.0. The van der Waals surface area contributed by atoms with Gasteiger partial charge in [0.05, 0.1) is 28.4 Å². The number of aliphatic hydroxyl groups is 5. The van der Waals surface area contributed by atoms with Crippen LogP contribution in [0.25, 0.3) is 0 Å². The summed E-state index contributed by atoms with van der Waals surface area (Å²) in [5, 5.41) is 30.9. The van der Waals surface area contributed by atoms with Crippen LogP contribution in [0.2, 0.25) is 0 Å². The normalized spacial score (nSPS) is 12.6. The van der Waals surface area contributed by atoms with Crippen LogP contribution < -0.4 is 39.8 Å². The van der Waals surface area contributed by atoms with Gasteiger partial charge < -0.3 is 68.3 Å². The summed E-state index contributed by atoms with van der Waals surface area (Å²) < 4.78 is 284. The molecule has 45 heteroatoms. The predicted molar refractivity (Wildman–Crippen MR) is 193 cm³/mol. The second-order valence-electron chi connectivity index (χ2n) is 8.16. The van der Waals surface area contributed by atoms with Gasteiger partial charge in [-0.05, 0) is 0 Å². The Balaban J connectivity index is -0.0000000449. The number of aliphatic hydroxyl groups excluding tert-OH is 5. The van der Waals surface area contributed by atoms with Crippen molar-refractivity contribution in [3.8, 4) is 0 Å². The molecule has 0 aliphatic heterocycles. The number of methoxy groups -OCH3 is 6. The molecule has 0 bridgehead atoms. The molecule has 0 saturated carbocycles. The molecule has 0 aliphatic carbocycles. The Kier molecular flexibility index (Phi) is 59.0. The van der Waals surface area contributed by atoms with Crippen molar-refractivity contribution < 1.29 is 209 Å². The largest absolute Gasteiger partial charge is 1.00 e. The zero-order chi connectivity index (χ0) is 57.7. The van der Waals surface area contributed by atoms with Crippen LogP contribution in [0.3, 0.4) is 0 Å². The third kappa shape index (κ3) is 34.1. The minimum atomic E-state index is -6.22. The van der Waals surface area contributed by atoms with Gasteiger partial charge >= 0.3 is 109 Å². The fourth-order valence-corrected chi connectivity index (χ4v) is 3.69. The number of esters is 1. The Labute approximate surface area is 408 Å². The third-order valence-electron chi connectivity index (χ3n) is 4.47. The van der Waals surface area contributed by atoms with Gasteiger partial charge in [0.1, 0.15) is 0 Å². The molecule has 0 rings (SSSR count). The topological polar surface area (TPSA) is 432 Å². The Hall–Kier alpha value is -1.35. The van der Waals surface area contributed by atoms with Crippen LogP contribution in [0.4, 0.5) is 51.7 Å². The van der Waals surface area contributed by atoms with Crippen LogP contribution in [0.5, 0.6) is 0 Å². The molecule has 2 unspecified atom stereocenters. The molecule has 0 radical (unpaired) electrons. The molecule has 0 aliphatic rings. The molecule has 27 nitrogen and oxygen atoms in total. The van der Waals surface area contributed by atoms with Crippen LogP contribution in [0.15, 0.2) is 0 Å². The van der Waals surface area contributed by atoms with E-state index in [1.54, 1.807) is 0 Å². The van der Waals surface area contributed by atoms with Gasteiger partial charge in [-0.25, -0.2) is 13.2 Å². The summed E-state index contributed by atoms with van der Waals surface area (Å²) >= 11 is 0. The van der Waals surface area contributed by atoms with E-state index < -0.39 is 102 Å². The molecule has 2 atom stereocenters. The Bertz CT molecular complexity index is 1790. The number of halogens is 12. The summed E-state index contributed by atoms with van der Waals surface area (Å²) in [7, 11) is -18.0. The van der Waals surface area contributed by atoms with E-state index in [9.17, 15) is 103 Å². The van der Waals surface area contributed by atoms with E-state index in [-0.39, 0.29) is 40.4 Å². The Morgan fingerprint density at radius 1 is 0.529 bits per heavy atom. The maximum absolute atomic E-state index is 12.5. The van der Waals surface area contributed by atoms with Gasteiger partial charge in [0, 0.05) is 49.8 Å². The predicted octanol–water partition coefficient (Wildman–Crippen LogP) is -6.36. The maximum atomic E-state index is 12.5. The van der Waals surface area contributed by atoms with Crippen molar-refractivity contribution in [1.29, 1.82) is 0 Å². The molecule has 0 saturated heterocycles. The number of hydrogen-bond donors (Lipinski definition) is 5. The number of alkyl halides is 10. The molecular formula is C23H51F12NaO27S5-4. The third-order valence-corrected chi connectivity index (χ3v) is 9.47. The number of carbonyl (C=O) groups is 1. The zero-order valence-corrected chi connectivity index (χ0v) is 43.2. The maximum Gasteiger partial charge on any atom is 1.00 e. The van der Waals surface area contributed by atoms with Crippen molar-refractivity contribution in [1.82, 2.24) is 0 Å². The van der Waals surface area contributed by atoms with Crippen LogP contribution >= 0.6 is 0 Å². The number of rotatable bonds is 17. The summed E-state index contributed by atoms with van der Waals surface area (Å²) in [6.45, 7) is -0.119. The average Bonchev–Trinajstić information content (AvgIpc) is 3.26. The van der Waals surface area contributed by atoms with E-state index in [0.29, 0.717) is 28.4 Å². The average molecular weight is 1170 g/mol. The monoisotopic (exact) mass is 1170 g/mol. The molecule has 0 amide bonds. The molecule has 0 aromatic rings. The van der Waals surface area contributed by atoms with Crippen molar-refractivity contribution >= 4 is 56.8 Å². The van der Waals surface area contributed by atoms with E-state index in [1.807, 2.05) is 0 Å². The van der Waals surface area contributed by atoms with Crippen molar-refractivity contribution in [3.05, 3.63) is 6.61 Å². The molecule has 0 aromatic carbocycles. The van der Waals surface area contributed by atoms with Gasteiger partial charge in [-0.2, -0.15) is 87.8 Å². The van der Waals surface area contributed by atoms with Gasteiger partial charge in [0.25, 0.3) is 0 Å². The van der Waals surface area contributed by atoms with E-state index in [2.05, 4.69) is 36.8 Å². The van der Waals surface area contributed by atoms with E-state index >= 15 is 0 Å².